The highest BCUT2D eigenvalue weighted by Crippen LogP contribution is 2.19. The van der Waals surface area contributed by atoms with Crippen molar-refractivity contribution in [3.63, 3.8) is 0 Å². The fourth-order valence-corrected chi connectivity index (χ4v) is 2.67. The van der Waals surface area contributed by atoms with Crippen molar-refractivity contribution < 1.29 is 17.5 Å². The average molecular weight is 340 g/mol. The third kappa shape index (κ3) is 4.31. The minimum Gasteiger partial charge on any atom is -0.377 e. The first-order chi connectivity index (χ1) is 8.36. The lowest BCUT2D eigenvalue weighted by atomic mass is 10.3. The Morgan fingerprint density at radius 1 is 1.50 bits per heavy atom. The summed E-state index contributed by atoms with van der Waals surface area (Å²) in [6, 6.07) is 3.66. The molecule has 0 amide bonds. The van der Waals surface area contributed by atoms with Gasteiger partial charge < -0.3 is 4.74 Å². The van der Waals surface area contributed by atoms with E-state index >= 15 is 0 Å². The lowest BCUT2D eigenvalue weighted by Crippen LogP contribution is -2.32. The van der Waals surface area contributed by atoms with E-state index in [4.69, 9.17) is 4.74 Å². The van der Waals surface area contributed by atoms with Crippen molar-refractivity contribution in [2.45, 2.75) is 24.8 Å². The Hall–Kier alpha value is -0.500. The Morgan fingerprint density at radius 2 is 2.17 bits per heavy atom. The fraction of sp³-hybridized carbons (Fsp3) is 0.455. The normalized spacial score (nSPS) is 13.6. The molecular formula is C11H15BrFNO3S. The first-order valence-corrected chi connectivity index (χ1v) is 7.70. The molecule has 1 atom stereocenters. The van der Waals surface area contributed by atoms with E-state index in [1.165, 1.54) is 12.1 Å². The smallest absolute Gasteiger partial charge is 0.240 e. The van der Waals surface area contributed by atoms with Gasteiger partial charge in [0.15, 0.2) is 0 Å². The molecular weight excluding hydrogens is 325 g/mol. The molecule has 0 spiro atoms. The zero-order valence-electron chi connectivity index (χ0n) is 10.1. The molecule has 0 saturated heterocycles. The van der Waals surface area contributed by atoms with E-state index in [2.05, 4.69) is 20.7 Å². The molecule has 1 rings (SSSR count). The molecule has 0 saturated carbocycles. The number of rotatable bonds is 6. The van der Waals surface area contributed by atoms with Crippen LogP contribution in [0.1, 0.15) is 13.8 Å². The number of nitrogens with one attached hydrogen (secondary N) is 1. The van der Waals surface area contributed by atoms with Gasteiger partial charge in [-0.25, -0.2) is 17.5 Å². The van der Waals surface area contributed by atoms with Crippen molar-refractivity contribution in [2.24, 2.45) is 0 Å². The number of hydrogen-bond donors (Lipinski definition) is 1. The zero-order valence-corrected chi connectivity index (χ0v) is 12.5. The minimum atomic E-state index is -3.70. The van der Waals surface area contributed by atoms with Crippen molar-refractivity contribution in [2.75, 3.05) is 13.2 Å². The molecule has 0 fully saturated rings. The Balaban J connectivity index is 2.77. The van der Waals surface area contributed by atoms with E-state index in [1.54, 1.807) is 6.92 Å². The van der Waals surface area contributed by atoms with E-state index < -0.39 is 15.8 Å². The van der Waals surface area contributed by atoms with Gasteiger partial charge in [-0.15, -0.1) is 0 Å². The van der Waals surface area contributed by atoms with Crippen molar-refractivity contribution in [3.8, 4) is 0 Å². The van der Waals surface area contributed by atoms with Crippen molar-refractivity contribution >= 4 is 26.0 Å². The molecule has 1 unspecified atom stereocenters. The van der Waals surface area contributed by atoms with Crippen LogP contribution in [0.4, 0.5) is 4.39 Å². The predicted molar refractivity (Wildman–Crippen MR) is 70.4 cm³/mol. The molecule has 4 nitrogen and oxygen atoms in total. The highest BCUT2D eigenvalue weighted by molar-refractivity contribution is 9.10. The van der Waals surface area contributed by atoms with Gasteiger partial charge in [0.05, 0.1) is 15.5 Å². The maximum atomic E-state index is 13.3. The molecule has 1 aromatic carbocycles. The fourth-order valence-electron chi connectivity index (χ4n) is 1.30. The van der Waals surface area contributed by atoms with Crippen molar-refractivity contribution in [1.82, 2.24) is 4.72 Å². The van der Waals surface area contributed by atoms with E-state index in [0.717, 1.165) is 6.07 Å². The van der Waals surface area contributed by atoms with Crippen LogP contribution >= 0.6 is 15.9 Å². The average Bonchev–Trinajstić information content (AvgIpc) is 2.30. The molecule has 1 N–H and O–H groups in total. The van der Waals surface area contributed by atoms with Crippen LogP contribution in [0.2, 0.25) is 0 Å². The third-order valence-corrected chi connectivity index (χ3v) is 4.28. The molecule has 0 radical (unpaired) electrons. The molecule has 0 aromatic heterocycles. The van der Waals surface area contributed by atoms with Crippen molar-refractivity contribution in [3.05, 3.63) is 28.5 Å². The number of halogens is 2. The van der Waals surface area contributed by atoms with Gasteiger partial charge in [-0.3, -0.25) is 0 Å². The maximum Gasteiger partial charge on any atom is 0.240 e. The standard InChI is InChI=1S/C11H15BrFNO3S/c1-3-17-8(2)7-14-18(15,16)9-4-5-10(12)11(13)6-9/h4-6,8,14H,3,7H2,1-2H3. The summed E-state index contributed by atoms with van der Waals surface area (Å²) in [5.74, 6) is -0.615. The van der Waals surface area contributed by atoms with E-state index in [1.807, 2.05) is 6.92 Å². The van der Waals surface area contributed by atoms with Crippen LogP contribution in [0.25, 0.3) is 0 Å². The molecule has 0 aliphatic carbocycles. The van der Waals surface area contributed by atoms with Gasteiger partial charge in [-0.2, -0.15) is 0 Å². The lowest BCUT2D eigenvalue weighted by Gasteiger charge is -2.13. The topological polar surface area (TPSA) is 55.4 Å². The van der Waals surface area contributed by atoms with Gasteiger partial charge in [0.25, 0.3) is 0 Å². The summed E-state index contributed by atoms with van der Waals surface area (Å²) in [6.07, 6.45) is -0.231. The van der Waals surface area contributed by atoms with Crippen LogP contribution < -0.4 is 4.72 Å². The number of benzene rings is 1. The van der Waals surface area contributed by atoms with Gasteiger partial charge in [-0.1, -0.05) is 0 Å². The molecule has 1 aromatic rings. The Bertz CT molecular complexity index is 507. The van der Waals surface area contributed by atoms with Gasteiger partial charge in [0.2, 0.25) is 10.0 Å². The predicted octanol–water partition coefficient (Wildman–Crippen LogP) is 2.29. The third-order valence-electron chi connectivity index (χ3n) is 2.21. The number of hydrogen-bond acceptors (Lipinski definition) is 3. The quantitative estimate of drug-likeness (QED) is 0.865. The monoisotopic (exact) mass is 339 g/mol. The molecule has 0 bridgehead atoms. The Labute approximate surface area is 115 Å². The number of sulfonamides is 1. The molecule has 0 aliphatic rings. The summed E-state index contributed by atoms with van der Waals surface area (Å²) in [7, 11) is -3.70. The summed E-state index contributed by atoms with van der Waals surface area (Å²) in [4.78, 5) is -0.105. The minimum absolute atomic E-state index is 0.105. The van der Waals surface area contributed by atoms with E-state index in [9.17, 15) is 12.8 Å². The van der Waals surface area contributed by atoms with Crippen LogP contribution in [-0.2, 0) is 14.8 Å². The van der Waals surface area contributed by atoms with Gasteiger partial charge in [-0.05, 0) is 48.0 Å². The summed E-state index contributed by atoms with van der Waals surface area (Å²) in [5, 5.41) is 0. The summed E-state index contributed by atoms with van der Waals surface area (Å²) in [6.45, 7) is 4.24. The first-order valence-electron chi connectivity index (χ1n) is 5.43. The maximum absolute atomic E-state index is 13.3. The lowest BCUT2D eigenvalue weighted by molar-refractivity contribution is 0.0799. The van der Waals surface area contributed by atoms with Gasteiger partial charge in [0, 0.05) is 13.2 Å². The Morgan fingerprint density at radius 3 is 2.72 bits per heavy atom. The second-order valence-corrected chi connectivity index (χ2v) is 6.32. The summed E-state index contributed by atoms with van der Waals surface area (Å²) >= 11 is 2.97. The second-order valence-electron chi connectivity index (χ2n) is 3.69. The van der Waals surface area contributed by atoms with Crippen LogP contribution in [0, 0.1) is 5.82 Å². The van der Waals surface area contributed by atoms with Crippen LogP contribution in [0.15, 0.2) is 27.6 Å². The summed E-state index contributed by atoms with van der Waals surface area (Å²) in [5.41, 5.74) is 0. The number of ether oxygens (including phenoxy) is 1. The molecule has 7 heteroatoms. The highest BCUT2D eigenvalue weighted by Gasteiger charge is 2.16. The molecule has 0 heterocycles. The van der Waals surface area contributed by atoms with Crippen molar-refractivity contribution in [1.29, 1.82) is 0 Å². The van der Waals surface area contributed by atoms with E-state index in [-0.39, 0.29) is 22.0 Å². The highest BCUT2D eigenvalue weighted by atomic mass is 79.9. The molecule has 102 valence electrons. The summed E-state index contributed by atoms with van der Waals surface area (Å²) < 4.78 is 44.8. The van der Waals surface area contributed by atoms with Gasteiger partial charge in [0.1, 0.15) is 5.82 Å². The molecule has 0 aliphatic heterocycles. The van der Waals surface area contributed by atoms with Gasteiger partial charge >= 0.3 is 0 Å². The zero-order chi connectivity index (χ0) is 13.8. The largest absolute Gasteiger partial charge is 0.377 e. The van der Waals surface area contributed by atoms with Crippen LogP contribution in [0.3, 0.4) is 0 Å². The van der Waals surface area contributed by atoms with E-state index in [0.29, 0.717) is 6.61 Å². The van der Waals surface area contributed by atoms with Crippen LogP contribution in [0.5, 0.6) is 0 Å². The first kappa shape index (κ1) is 15.6. The SMILES string of the molecule is CCOC(C)CNS(=O)(=O)c1ccc(Br)c(F)c1. The molecule has 18 heavy (non-hydrogen) atoms. The van der Waals surface area contributed by atoms with Crippen LogP contribution in [-0.4, -0.2) is 27.7 Å². The Kier molecular flexibility index (Phi) is 5.71. The second kappa shape index (κ2) is 6.60.